The number of benzene rings is 1. The van der Waals surface area contributed by atoms with Crippen molar-refractivity contribution in [3.05, 3.63) is 64.3 Å². The van der Waals surface area contributed by atoms with Gasteiger partial charge in [-0.1, -0.05) is 41.9 Å². The maximum absolute atomic E-state index is 12.9. The number of hydrogen-bond donors (Lipinski definition) is 1. The van der Waals surface area contributed by atoms with E-state index in [4.69, 9.17) is 11.6 Å². The van der Waals surface area contributed by atoms with Crippen molar-refractivity contribution in [2.75, 3.05) is 30.4 Å². The van der Waals surface area contributed by atoms with Crippen molar-refractivity contribution in [2.45, 2.75) is 31.8 Å². The van der Waals surface area contributed by atoms with Crippen LogP contribution in [0.5, 0.6) is 0 Å². The molecule has 0 atom stereocenters. The van der Waals surface area contributed by atoms with Gasteiger partial charge in [0.2, 0.25) is 16.0 Å². The van der Waals surface area contributed by atoms with Gasteiger partial charge < -0.3 is 5.32 Å². The first-order valence-electron chi connectivity index (χ1n) is 12.5. The summed E-state index contributed by atoms with van der Waals surface area (Å²) >= 11 is 6.17. The normalized spacial score (nSPS) is 15.4. The lowest BCUT2D eigenvalue weighted by Crippen LogP contribution is -2.42. The van der Waals surface area contributed by atoms with Gasteiger partial charge in [-0.05, 0) is 25.3 Å². The van der Waals surface area contributed by atoms with E-state index in [2.05, 4.69) is 25.4 Å². The number of aryl methyl sites for hydroxylation is 1. The molecule has 1 N–H and O–H groups in total. The molecule has 1 aliphatic rings. The van der Waals surface area contributed by atoms with E-state index in [9.17, 15) is 21.6 Å². The van der Waals surface area contributed by atoms with Gasteiger partial charge >= 0.3 is 0 Å². The molecule has 13 nitrogen and oxygen atoms in total. The Labute approximate surface area is 235 Å². The van der Waals surface area contributed by atoms with Crippen molar-refractivity contribution in [1.82, 2.24) is 33.0 Å². The van der Waals surface area contributed by atoms with E-state index in [-0.39, 0.29) is 35.7 Å². The summed E-state index contributed by atoms with van der Waals surface area (Å²) in [5, 5.41) is 7.82. The van der Waals surface area contributed by atoms with E-state index in [1.54, 1.807) is 12.1 Å². The molecule has 16 heteroatoms. The summed E-state index contributed by atoms with van der Waals surface area (Å²) in [6.45, 7) is 0.813. The van der Waals surface area contributed by atoms with Gasteiger partial charge in [0.1, 0.15) is 17.0 Å². The number of nitrogens with zero attached hydrogens (tertiary/aromatic N) is 7. The summed E-state index contributed by atoms with van der Waals surface area (Å²) in [6, 6.07) is 10.5. The Kier molecular flexibility index (Phi) is 7.90. The maximum atomic E-state index is 12.9. The molecular formula is C24H27ClN8O5S2. The lowest BCUT2D eigenvalue weighted by Gasteiger charge is -2.30. The Hall–Kier alpha value is -3.40. The zero-order chi connectivity index (χ0) is 28.5. The number of nitrogens with one attached hydrogen (secondary N) is 1. The molecule has 1 fully saturated rings. The second-order valence-electron chi connectivity index (χ2n) is 9.48. The van der Waals surface area contributed by atoms with E-state index in [1.165, 1.54) is 27.4 Å². The SMILES string of the molecule is CS(=O)(=O)N1CCC(Nc2ncc3cc(Cl)c(=O)n(CCCS(=O)(=O)n4cnc(-c5ccccc5)n4)c3n2)CC1. The number of sulfonamides is 1. The summed E-state index contributed by atoms with van der Waals surface area (Å²) in [5.74, 6) is 0.282. The Bertz CT molecular complexity index is 1800. The highest BCUT2D eigenvalue weighted by atomic mass is 35.5. The fraction of sp³-hybridized carbons (Fsp3) is 0.375. The molecule has 1 aliphatic heterocycles. The van der Waals surface area contributed by atoms with Gasteiger partial charge in [0, 0.05) is 42.8 Å². The van der Waals surface area contributed by atoms with Crippen LogP contribution in [0, 0.1) is 0 Å². The zero-order valence-electron chi connectivity index (χ0n) is 21.5. The van der Waals surface area contributed by atoms with Gasteiger partial charge in [0.25, 0.3) is 15.6 Å². The predicted molar refractivity (Wildman–Crippen MR) is 151 cm³/mol. The number of fused-ring (bicyclic) bond motifs is 1. The van der Waals surface area contributed by atoms with Crippen LogP contribution >= 0.6 is 11.6 Å². The largest absolute Gasteiger partial charge is 0.351 e. The third kappa shape index (κ3) is 6.16. The highest BCUT2D eigenvalue weighted by Gasteiger charge is 2.25. The summed E-state index contributed by atoms with van der Waals surface area (Å²) in [7, 11) is -7.08. The average molecular weight is 607 g/mol. The fourth-order valence-electron chi connectivity index (χ4n) is 4.52. The van der Waals surface area contributed by atoms with Gasteiger partial charge in [-0.25, -0.2) is 31.1 Å². The molecule has 4 heterocycles. The van der Waals surface area contributed by atoms with Crippen LogP contribution in [0.3, 0.4) is 0 Å². The average Bonchev–Trinajstić information content (AvgIpc) is 3.43. The number of hydrogen-bond acceptors (Lipinski definition) is 10. The van der Waals surface area contributed by atoms with Gasteiger partial charge in [0.15, 0.2) is 5.82 Å². The van der Waals surface area contributed by atoms with Gasteiger partial charge in [-0.15, -0.1) is 9.19 Å². The van der Waals surface area contributed by atoms with Crippen molar-refractivity contribution in [3.8, 4) is 11.4 Å². The molecule has 5 rings (SSSR count). The molecule has 0 radical (unpaired) electrons. The van der Waals surface area contributed by atoms with Crippen LogP contribution < -0.4 is 10.9 Å². The predicted octanol–water partition coefficient (Wildman–Crippen LogP) is 1.81. The lowest BCUT2D eigenvalue weighted by molar-refractivity contribution is 0.331. The van der Waals surface area contributed by atoms with E-state index >= 15 is 0 Å². The second-order valence-corrected chi connectivity index (χ2v) is 13.8. The topological polar surface area (TPSA) is 162 Å². The van der Waals surface area contributed by atoms with Crippen LogP contribution in [0.1, 0.15) is 19.3 Å². The van der Waals surface area contributed by atoms with E-state index in [0.717, 1.165) is 10.4 Å². The van der Waals surface area contributed by atoms with Crippen LogP contribution in [-0.2, 0) is 26.6 Å². The molecule has 1 aromatic carbocycles. The molecule has 1 saturated heterocycles. The van der Waals surface area contributed by atoms with Crippen molar-refractivity contribution >= 4 is 48.6 Å². The second kappa shape index (κ2) is 11.2. The minimum absolute atomic E-state index is 0.0309. The molecule has 4 aromatic rings. The molecular weight excluding hydrogens is 580 g/mol. The lowest BCUT2D eigenvalue weighted by atomic mass is 10.1. The van der Waals surface area contributed by atoms with Crippen molar-refractivity contribution < 1.29 is 16.8 Å². The number of pyridine rings is 1. The van der Waals surface area contributed by atoms with Crippen LogP contribution in [0.4, 0.5) is 5.95 Å². The highest BCUT2D eigenvalue weighted by Crippen LogP contribution is 2.20. The van der Waals surface area contributed by atoms with Gasteiger partial charge in [-0.2, -0.15) is 4.98 Å². The molecule has 212 valence electrons. The molecule has 0 spiro atoms. The summed E-state index contributed by atoms with van der Waals surface area (Å²) in [5.41, 5.74) is 0.508. The fourth-order valence-corrected chi connectivity index (χ4v) is 6.68. The van der Waals surface area contributed by atoms with Crippen LogP contribution in [0.15, 0.2) is 53.7 Å². The first kappa shape index (κ1) is 28.1. The molecule has 0 unspecified atom stereocenters. The van der Waals surface area contributed by atoms with E-state index in [0.29, 0.717) is 48.4 Å². The van der Waals surface area contributed by atoms with Crippen LogP contribution in [-0.4, -0.2) is 81.0 Å². The molecule has 0 bridgehead atoms. The number of piperidine rings is 1. The Morgan fingerprint density at radius 2 is 1.80 bits per heavy atom. The first-order chi connectivity index (χ1) is 19.0. The zero-order valence-corrected chi connectivity index (χ0v) is 23.9. The van der Waals surface area contributed by atoms with Crippen LogP contribution in [0.2, 0.25) is 5.02 Å². The van der Waals surface area contributed by atoms with Gasteiger partial charge in [-0.3, -0.25) is 9.36 Å². The molecule has 3 aromatic heterocycles. The van der Waals surface area contributed by atoms with Crippen molar-refractivity contribution in [1.29, 1.82) is 0 Å². The van der Waals surface area contributed by atoms with Crippen LogP contribution in [0.25, 0.3) is 22.4 Å². The third-order valence-corrected chi connectivity index (χ3v) is 9.74. The number of aromatic nitrogens is 6. The monoisotopic (exact) mass is 606 g/mol. The first-order valence-corrected chi connectivity index (χ1v) is 16.3. The number of anilines is 1. The van der Waals surface area contributed by atoms with E-state index in [1.807, 2.05) is 18.2 Å². The summed E-state index contributed by atoms with van der Waals surface area (Å²) < 4.78 is 53.0. The molecule has 0 amide bonds. The third-order valence-electron chi connectivity index (χ3n) is 6.61. The minimum Gasteiger partial charge on any atom is -0.351 e. The Balaban J connectivity index is 1.30. The minimum atomic E-state index is -3.83. The van der Waals surface area contributed by atoms with Crippen molar-refractivity contribution in [3.63, 3.8) is 0 Å². The summed E-state index contributed by atoms with van der Waals surface area (Å²) in [4.78, 5) is 25.9. The van der Waals surface area contributed by atoms with E-state index < -0.39 is 25.6 Å². The highest BCUT2D eigenvalue weighted by molar-refractivity contribution is 7.89. The standard InChI is InChI=1S/C24H27ClN8O5S2/c1-39(35,36)31-11-8-19(9-12-31)28-24-26-15-18-14-20(25)23(34)32(22(18)29-24)10-5-13-40(37,38)33-16-27-21(30-33)17-6-3-2-4-7-17/h2-4,6-7,14-16,19H,5,8-13H2,1H3,(H,26,28,29). The number of halogens is 1. The Morgan fingerprint density at radius 3 is 2.50 bits per heavy atom. The maximum Gasteiger partial charge on any atom is 0.270 e. The molecule has 40 heavy (non-hydrogen) atoms. The quantitative estimate of drug-likeness (QED) is 0.297. The Morgan fingerprint density at radius 1 is 1.07 bits per heavy atom. The van der Waals surface area contributed by atoms with Gasteiger partial charge in [0.05, 0.1) is 12.0 Å². The summed E-state index contributed by atoms with van der Waals surface area (Å²) in [6.07, 6.45) is 5.13. The molecule has 0 aliphatic carbocycles. The van der Waals surface area contributed by atoms with Crippen molar-refractivity contribution in [2.24, 2.45) is 0 Å². The smallest absolute Gasteiger partial charge is 0.270 e. The number of rotatable bonds is 9. The molecule has 0 saturated carbocycles.